The molecule has 0 bridgehead atoms. The predicted molar refractivity (Wildman–Crippen MR) is 111 cm³/mol. The smallest absolute Gasteiger partial charge is 0.341 e. The molecule has 3 rings (SSSR count). The second kappa shape index (κ2) is 8.68. The number of nitrogens with zero attached hydrogens (tertiary/aromatic N) is 3. The molecular formula is C20H22N4O6. The molecule has 2 N–H and O–H groups in total. The van der Waals surface area contributed by atoms with E-state index < -0.39 is 18.1 Å². The zero-order chi connectivity index (χ0) is 21.8. The molecule has 10 heteroatoms. The first-order chi connectivity index (χ1) is 14.4. The Labute approximate surface area is 171 Å². The van der Waals surface area contributed by atoms with Crippen molar-refractivity contribution in [2.75, 3.05) is 13.7 Å². The van der Waals surface area contributed by atoms with Crippen molar-refractivity contribution < 1.29 is 19.4 Å². The molecule has 0 spiro atoms. The summed E-state index contributed by atoms with van der Waals surface area (Å²) in [6, 6.07) is 5.02. The van der Waals surface area contributed by atoms with Gasteiger partial charge < -0.3 is 19.6 Å². The molecule has 0 unspecified atom stereocenters. The lowest BCUT2D eigenvalue weighted by atomic mass is 10.2. The van der Waals surface area contributed by atoms with Gasteiger partial charge in [-0.25, -0.2) is 14.6 Å². The van der Waals surface area contributed by atoms with Crippen LogP contribution in [-0.2, 0) is 17.9 Å². The van der Waals surface area contributed by atoms with E-state index in [9.17, 15) is 14.4 Å². The number of carboxylic acid groups (broad SMARTS) is 1. The van der Waals surface area contributed by atoms with Crippen molar-refractivity contribution in [1.82, 2.24) is 19.1 Å². The third-order valence-electron chi connectivity index (χ3n) is 4.48. The summed E-state index contributed by atoms with van der Waals surface area (Å²) in [5.74, 6) is 0.0304. The quantitative estimate of drug-likeness (QED) is 0.572. The summed E-state index contributed by atoms with van der Waals surface area (Å²) in [5.41, 5.74) is 0.533. The summed E-state index contributed by atoms with van der Waals surface area (Å²) in [6.07, 6.45) is 3.42. The van der Waals surface area contributed by atoms with E-state index in [-0.39, 0.29) is 17.8 Å². The highest BCUT2D eigenvalue weighted by molar-refractivity contribution is 5.76. The summed E-state index contributed by atoms with van der Waals surface area (Å²) < 4.78 is 13.0. The molecule has 0 saturated carbocycles. The van der Waals surface area contributed by atoms with Crippen LogP contribution in [0.4, 0.5) is 0 Å². The third-order valence-corrected chi connectivity index (χ3v) is 4.48. The highest BCUT2D eigenvalue weighted by Gasteiger charge is 2.15. The normalized spacial score (nSPS) is 11.3. The molecule has 3 aromatic rings. The predicted octanol–water partition coefficient (Wildman–Crippen LogP) is 1.57. The number of fused-ring (bicyclic) bond motifs is 1. The van der Waals surface area contributed by atoms with Gasteiger partial charge in [0, 0.05) is 13.1 Å². The number of benzene rings is 1. The van der Waals surface area contributed by atoms with E-state index in [1.807, 2.05) is 6.92 Å². The Morgan fingerprint density at radius 2 is 1.90 bits per heavy atom. The molecule has 1 aromatic carbocycles. The van der Waals surface area contributed by atoms with Crippen LogP contribution in [0.5, 0.6) is 11.5 Å². The second-order valence-corrected chi connectivity index (χ2v) is 6.32. The molecule has 158 valence electrons. The number of nitrogens with one attached hydrogen (secondary N) is 1. The summed E-state index contributed by atoms with van der Waals surface area (Å²) in [6.45, 7) is 3.74. The first-order valence-corrected chi connectivity index (χ1v) is 9.33. The van der Waals surface area contributed by atoms with Gasteiger partial charge in [-0.2, -0.15) is 0 Å². The fraction of sp³-hybridized carbons (Fsp3) is 0.300. The van der Waals surface area contributed by atoms with Gasteiger partial charge in [0.2, 0.25) is 0 Å². The van der Waals surface area contributed by atoms with Crippen LogP contribution in [0, 0.1) is 0 Å². The van der Waals surface area contributed by atoms with Crippen molar-refractivity contribution >= 4 is 29.3 Å². The van der Waals surface area contributed by atoms with Crippen molar-refractivity contribution in [3.8, 4) is 11.5 Å². The molecule has 30 heavy (non-hydrogen) atoms. The van der Waals surface area contributed by atoms with Gasteiger partial charge >= 0.3 is 11.7 Å². The van der Waals surface area contributed by atoms with Crippen LogP contribution in [0.2, 0.25) is 0 Å². The maximum Gasteiger partial charge on any atom is 0.341 e. The molecule has 0 fully saturated rings. The number of aryl methyl sites for hydroxylation is 1. The number of aliphatic carboxylic acids is 1. The maximum absolute atomic E-state index is 12.5. The van der Waals surface area contributed by atoms with Gasteiger partial charge in [-0.3, -0.25) is 13.9 Å². The number of methoxy groups -OCH3 is 1. The summed E-state index contributed by atoms with van der Waals surface area (Å²) in [4.78, 5) is 43.0. The zero-order valence-corrected chi connectivity index (χ0v) is 16.8. The van der Waals surface area contributed by atoms with Gasteiger partial charge in [0.1, 0.15) is 11.3 Å². The minimum atomic E-state index is -1.08. The van der Waals surface area contributed by atoms with Crippen molar-refractivity contribution in [3.63, 3.8) is 0 Å². The number of aromatic nitrogens is 4. The lowest BCUT2D eigenvalue weighted by Gasteiger charge is -2.09. The van der Waals surface area contributed by atoms with Gasteiger partial charge in [0.15, 0.2) is 23.8 Å². The van der Waals surface area contributed by atoms with E-state index >= 15 is 0 Å². The maximum atomic E-state index is 12.5. The van der Waals surface area contributed by atoms with Crippen LogP contribution in [0.15, 0.2) is 27.8 Å². The van der Waals surface area contributed by atoms with Gasteiger partial charge in [0.05, 0.1) is 7.11 Å². The Morgan fingerprint density at radius 1 is 1.17 bits per heavy atom. The van der Waals surface area contributed by atoms with Crippen LogP contribution in [0.25, 0.3) is 23.3 Å². The molecule has 0 saturated heterocycles. The molecule has 2 aromatic heterocycles. The molecule has 0 atom stereocenters. The second-order valence-electron chi connectivity index (χ2n) is 6.32. The van der Waals surface area contributed by atoms with Crippen molar-refractivity contribution in [3.05, 3.63) is 50.4 Å². The SMILES string of the molecule is CCn1c(=O)c2[nH]c(C=Cc3ccc(OCC(=O)O)c(OC)c3)nc2n(CC)c1=O. The fourth-order valence-electron chi connectivity index (χ4n) is 3.05. The van der Waals surface area contributed by atoms with E-state index in [4.69, 9.17) is 14.6 Å². The van der Waals surface area contributed by atoms with Gasteiger partial charge in [-0.05, 0) is 37.6 Å². The molecule has 0 radical (unpaired) electrons. The fourth-order valence-corrected chi connectivity index (χ4v) is 3.05. The van der Waals surface area contributed by atoms with Crippen molar-refractivity contribution in [2.45, 2.75) is 26.9 Å². The van der Waals surface area contributed by atoms with E-state index in [1.54, 1.807) is 37.3 Å². The molecule has 10 nitrogen and oxygen atoms in total. The van der Waals surface area contributed by atoms with Crippen LogP contribution in [-0.4, -0.2) is 43.9 Å². The molecule has 0 aliphatic heterocycles. The highest BCUT2D eigenvalue weighted by atomic mass is 16.5. The number of aromatic amines is 1. The van der Waals surface area contributed by atoms with Crippen LogP contribution in [0.1, 0.15) is 25.2 Å². The minimum Gasteiger partial charge on any atom is -0.493 e. The number of ether oxygens (including phenoxy) is 2. The summed E-state index contributed by atoms with van der Waals surface area (Å²) >= 11 is 0. The minimum absolute atomic E-state index is 0.271. The van der Waals surface area contributed by atoms with Crippen LogP contribution >= 0.6 is 0 Å². The Bertz CT molecular complexity index is 1230. The van der Waals surface area contributed by atoms with Gasteiger partial charge in [0.25, 0.3) is 5.56 Å². The highest BCUT2D eigenvalue weighted by Crippen LogP contribution is 2.28. The number of carbonyl (C=O) groups is 1. The first-order valence-electron chi connectivity index (χ1n) is 9.33. The number of hydrogen-bond acceptors (Lipinski definition) is 6. The number of H-pyrrole nitrogens is 1. The third kappa shape index (κ3) is 3.97. The summed E-state index contributed by atoms with van der Waals surface area (Å²) in [5, 5.41) is 8.74. The van der Waals surface area contributed by atoms with Gasteiger partial charge in [-0.1, -0.05) is 12.1 Å². The first kappa shape index (κ1) is 20.9. The number of hydrogen-bond donors (Lipinski definition) is 2. The van der Waals surface area contributed by atoms with Crippen LogP contribution < -0.4 is 20.7 Å². The number of imidazole rings is 1. The van der Waals surface area contributed by atoms with Crippen molar-refractivity contribution in [1.29, 1.82) is 0 Å². The topological polar surface area (TPSA) is 128 Å². The molecule has 0 aliphatic rings. The molecule has 2 heterocycles. The van der Waals surface area contributed by atoms with E-state index in [0.29, 0.717) is 29.5 Å². The Balaban J connectivity index is 1.96. The van der Waals surface area contributed by atoms with E-state index in [2.05, 4.69) is 9.97 Å². The number of rotatable bonds is 8. The van der Waals surface area contributed by atoms with E-state index in [0.717, 1.165) is 10.1 Å². The summed E-state index contributed by atoms with van der Waals surface area (Å²) in [7, 11) is 1.46. The standard InChI is InChI=1S/C20H22N4O6/c1-4-23-18-17(19(27)24(5-2)20(23)28)21-15(22-18)9-7-12-6-8-13(14(10-12)29-3)30-11-16(25)26/h6-10H,4-5,11H2,1-3H3,(H,21,22)(H,25,26). The van der Waals surface area contributed by atoms with Crippen LogP contribution in [0.3, 0.4) is 0 Å². The van der Waals surface area contributed by atoms with Crippen molar-refractivity contribution in [2.24, 2.45) is 0 Å². The molecular weight excluding hydrogens is 392 g/mol. The number of carboxylic acids is 1. The van der Waals surface area contributed by atoms with Gasteiger partial charge in [-0.15, -0.1) is 0 Å². The Kier molecular flexibility index (Phi) is 6.05. The largest absolute Gasteiger partial charge is 0.493 e. The zero-order valence-electron chi connectivity index (χ0n) is 16.8. The molecule has 0 aliphatic carbocycles. The van der Waals surface area contributed by atoms with E-state index in [1.165, 1.54) is 11.7 Å². The molecule has 0 amide bonds. The monoisotopic (exact) mass is 414 g/mol. The Hall–Kier alpha value is -3.82. The average Bonchev–Trinajstić information content (AvgIpc) is 3.16. The average molecular weight is 414 g/mol. The lowest BCUT2D eigenvalue weighted by Crippen LogP contribution is -2.39. The Morgan fingerprint density at radius 3 is 2.53 bits per heavy atom. The lowest BCUT2D eigenvalue weighted by molar-refractivity contribution is -0.139.